The molecule has 0 saturated carbocycles. The van der Waals surface area contributed by atoms with Gasteiger partial charge >= 0.3 is 0 Å². The topological polar surface area (TPSA) is 103 Å². The third kappa shape index (κ3) is 2.56. The van der Waals surface area contributed by atoms with Crippen LogP contribution in [0.5, 0.6) is 0 Å². The molecule has 4 rings (SSSR count). The van der Waals surface area contributed by atoms with E-state index >= 15 is 0 Å². The van der Waals surface area contributed by atoms with E-state index in [0.29, 0.717) is 34.2 Å². The summed E-state index contributed by atoms with van der Waals surface area (Å²) >= 11 is 0. The molecule has 4 aromatic rings. The quantitative estimate of drug-likeness (QED) is 0.564. The number of hydrogen-bond acceptors (Lipinski definition) is 8. The van der Waals surface area contributed by atoms with Gasteiger partial charge in [0.2, 0.25) is 0 Å². The molecule has 8 nitrogen and oxygen atoms in total. The van der Waals surface area contributed by atoms with E-state index in [1.807, 2.05) is 18.2 Å². The molecular weight excluding hydrogens is 304 g/mol. The number of hydrogen-bond donors (Lipinski definition) is 0. The summed E-state index contributed by atoms with van der Waals surface area (Å²) in [6.07, 6.45) is 9.57. The van der Waals surface area contributed by atoms with Gasteiger partial charge in [-0.3, -0.25) is 9.97 Å². The second kappa shape index (κ2) is 6.21. The Labute approximate surface area is 136 Å². The summed E-state index contributed by atoms with van der Waals surface area (Å²) in [7, 11) is 0. The second-order valence-electron chi connectivity index (χ2n) is 4.73. The minimum Gasteiger partial charge on any atom is -0.255 e. The van der Waals surface area contributed by atoms with Gasteiger partial charge in [-0.25, -0.2) is 9.97 Å². The van der Waals surface area contributed by atoms with Crippen molar-refractivity contribution in [1.82, 2.24) is 40.3 Å². The third-order valence-corrected chi connectivity index (χ3v) is 3.29. The van der Waals surface area contributed by atoms with Gasteiger partial charge in [0.05, 0.1) is 23.7 Å². The van der Waals surface area contributed by atoms with E-state index in [2.05, 4.69) is 40.3 Å². The Balaban J connectivity index is 2.02. The summed E-state index contributed by atoms with van der Waals surface area (Å²) < 4.78 is 0. The highest BCUT2D eigenvalue weighted by Gasteiger charge is 2.19. The molecule has 0 unspecified atom stereocenters. The predicted octanol–water partition coefficient (Wildman–Crippen LogP) is 1.85. The fourth-order valence-corrected chi connectivity index (χ4v) is 2.30. The molecule has 24 heavy (non-hydrogen) atoms. The van der Waals surface area contributed by atoms with Crippen LogP contribution in [-0.2, 0) is 0 Å². The number of nitrogens with zero attached hydrogens (tertiary/aromatic N) is 8. The molecule has 0 bridgehead atoms. The number of pyridine rings is 2. The fraction of sp³-hybridized carbons (Fsp3) is 0. The Hall–Kier alpha value is -3.68. The third-order valence-electron chi connectivity index (χ3n) is 3.29. The van der Waals surface area contributed by atoms with Crippen LogP contribution in [0.3, 0.4) is 0 Å². The van der Waals surface area contributed by atoms with Crippen LogP contribution in [0.2, 0.25) is 0 Å². The minimum absolute atomic E-state index is 0.425. The highest BCUT2D eigenvalue weighted by Crippen LogP contribution is 2.34. The Morgan fingerprint density at radius 3 is 2.04 bits per heavy atom. The summed E-state index contributed by atoms with van der Waals surface area (Å²) in [6.45, 7) is 0. The summed E-state index contributed by atoms with van der Waals surface area (Å²) in [5.74, 6) is 0.883. The highest BCUT2D eigenvalue weighted by molar-refractivity contribution is 5.87. The molecule has 4 aromatic heterocycles. The lowest BCUT2D eigenvalue weighted by atomic mass is 10.0. The Bertz CT molecular complexity index is 888. The van der Waals surface area contributed by atoms with Crippen molar-refractivity contribution >= 4 is 0 Å². The van der Waals surface area contributed by atoms with E-state index in [1.165, 1.54) is 12.4 Å². The van der Waals surface area contributed by atoms with Gasteiger partial charge in [-0.15, -0.1) is 10.2 Å². The lowest BCUT2D eigenvalue weighted by Gasteiger charge is -2.10. The average molecular weight is 314 g/mol. The van der Waals surface area contributed by atoms with Crippen molar-refractivity contribution in [3.05, 3.63) is 61.4 Å². The molecule has 0 aromatic carbocycles. The SMILES string of the molecule is c1ccc(-c2nccc(-c3nccnn3)c2-c2nccnn2)nc1. The number of rotatable bonds is 3. The smallest absolute Gasteiger partial charge is 0.184 e. The van der Waals surface area contributed by atoms with Crippen molar-refractivity contribution in [2.24, 2.45) is 0 Å². The van der Waals surface area contributed by atoms with Crippen LogP contribution in [0.4, 0.5) is 0 Å². The van der Waals surface area contributed by atoms with Gasteiger partial charge in [-0.2, -0.15) is 10.2 Å². The second-order valence-corrected chi connectivity index (χ2v) is 4.73. The molecular formula is C16H10N8. The van der Waals surface area contributed by atoms with Crippen molar-refractivity contribution in [2.75, 3.05) is 0 Å². The van der Waals surface area contributed by atoms with Gasteiger partial charge in [0.25, 0.3) is 0 Å². The van der Waals surface area contributed by atoms with Gasteiger partial charge in [0, 0.05) is 30.4 Å². The van der Waals surface area contributed by atoms with E-state index < -0.39 is 0 Å². The van der Waals surface area contributed by atoms with E-state index in [-0.39, 0.29) is 0 Å². The van der Waals surface area contributed by atoms with Crippen LogP contribution >= 0.6 is 0 Å². The lowest BCUT2D eigenvalue weighted by Crippen LogP contribution is -2.01. The van der Waals surface area contributed by atoms with Crippen LogP contribution in [0.15, 0.2) is 61.4 Å². The maximum absolute atomic E-state index is 4.47. The first kappa shape index (κ1) is 13.9. The van der Waals surface area contributed by atoms with Gasteiger partial charge in [0.1, 0.15) is 5.69 Å². The first-order valence-corrected chi connectivity index (χ1v) is 7.12. The van der Waals surface area contributed by atoms with Gasteiger partial charge in [-0.1, -0.05) is 6.07 Å². The summed E-state index contributed by atoms with van der Waals surface area (Å²) in [5.41, 5.74) is 2.71. The van der Waals surface area contributed by atoms with Crippen molar-refractivity contribution in [3.63, 3.8) is 0 Å². The molecule has 0 radical (unpaired) electrons. The van der Waals surface area contributed by atoms with Gasteiger partial charge < -0.3 is 0 Å². The summed E-state index contributed by atoms with van der Waals surface area (Å²) in [6, 6.07) is 7.41. The van der Waals surface area contributed by atoms with E-state index in [4.69, 9.17) is 0 Å². The van der Waals surface area contributed by atoms with Crippen molar-refractivity contribution in [1.29, 1.82) is 0 Å². The predicted molar refractivity (Wildman–Crippen MR) is 85.1 cm³/mol. The zero-order valence-electron chi connectivity index (χ0n) is 12.4. The van der Waals surface area contributed by atoms with Crippen molar-refractivity contribution < 1.29 is 0 Å². The van der Waals surface area contributed by atoms with E-state index in [9.17, 15) is 0 Å². The molecule has 0 spiro atoms. The monoisotopic (exact) mass is 314 g/mol. The Morgan fingerprint density at radius 2 is 1.38 bits per heavy atom. The van der Waals surface area contributed by atoms with Crippen LogP contribution < -0.4 is 0 Å². The van der Waals surface area contributed by atoms with Crippen molar-refractivity contribution in [2.45, 2.75) is 0 Å². The Kier molecular flexibility index (Phi) is 3.61. The zero-order chi connectivity index (χ0) is 16.2. The molecule has 4 heterocycles. The summed E-state index contributed by atoms with van der Waals surface area (Å²) in [4.78, 5) is 17.4. The molecule has 0 saturated heterocycles. The standard InChI is InChI=1S/C16H10N8/c1-2-5-17-12(3-1)14-13(16-20-8-10-22-24-16)11(4-6-18-14)15-19-7-9-21-23-15/h1-10H. The van der Waals surface area contributed by atoms with E-state index in [1.54, 1.807) is 30.9 Å². The zero-order valence-corrected chi connectivity index (χ0v) is 12.4. The molecule has 0 N–H and O–H groups in total. The van der Waals surface area contributed by atoms with E-state index in [0.717, 1.165) is 0 Å². The summed E-state index contributed by atoms with van der Waals surface area (Å²) in [5, 5.41) is 16.0. The molecule has 0 fully saturated rings. The first-order valence-electron chi connectivity index (χ1n) is 7.12. The van der Waals surface area contributed by atoms with Crippen LogP contribution in [-0.4, -0.2) is 40.3 Å². The maximum Gasteiger partial charge on any atom is 0.184 e. The molecule has 0 aliphatic carbocycles. The van der Waals surface area contributed by atoms with Gasteiger partial charge in [0.15, 0.2) is 11.6 Å². The highest BCUT2D eigenvalue weighted by atomic mass is 15.2. The molecule has 114 valence electrons. The number of aromatic nitrogens is 8. The maximum atomic E-state index is 4.47. The molecule has 0 amide bonds. The van der Waals surface area contributed by atoms with Gasteiger partial charge in [-0.05, 0) is 18.2 Å². The molecule has 8 heteroatoms. The average Bonchev–Trinajstić information content (AvgIpc) is 2.69. The fourth-order valence-electron chi connectivity index (χ4n) is 2.30. The first-order chi connectivity index (χ1) is 11.9. The molecule has 0 aliphatic heterocycles. The molecule has 0 aliphatic rings. The molecule has 0 atom stereocenters. The van der Waals surface area contributed by atoms with Crippen molar-refractivity contribution in [3.8, 4) is 34.2 Å². The largest absolute Gasteiger partial charge is 0.255 e. The normalized spacial score (nSPS) is 10.5. The lowest BCUT2D eigenvalue weighted by molar-refractivity contribution is 0.966. The minimum atomic E-state index is 0.425. The van der Waals surface area contributed by atoms with Crippen LogP contribution in [0.25, 0.3) is 34.2 Å². The van der Waals surface area contributed by atoms with Crippen LogP contribution in [0.1, 0.15) is 0 Å². The Morgan fingerprint density at radius 1 is 0.583 bits per heavy atom. The van der Waals surface area contributed by atoms with Crippen LogP contribution in [0, 0.1) is 0 Å².